The predicted octanol–water partition coefficient (Wildman–Crippen LogP) is 2.60. The van der Waals surface area contributed by atoms with E-state index in [-0.39, 0.29) is 0 Å². The molecule has 0 aromatic heterocycles. The van der Waals surface area contributed by atoms with Crippen LogP contribution in [-0.2, 0) is 4.79 Å². The van der Waals surface area contributed by atoms with Gasteiger partial charge in [-0.2, -0.15) is 0 Å². The maximum absolute atomic E-state index is 10.1. The van der Waals surface area contributed by atoms with Gasteiger partial charge < -0.3 is 5.11 Å². The van der Waals surface area contributed by atoms with E-state index in [0.29, 0.717) is 6.42 Å². The molecular formula is C9H16O2. The predicted molar refractivity (Wildman–Crippen MR) is 45.5 cm³/mol. The Bertz CT molecular complexity index is 119. The van der Waals surface area contributed by atoms with Crippen molar-refractivity contribution in [1.82, 2.24) is 0 Å². The van der Waals surface area contributed by atoms with Crippen molar-refractivity contribution in [3.8, 4) is 0 Å². The zero-order valence-electron chi connectivity index (χ0n) is 6.88. The maximum Gasteiger partial charge on any atom is 0.303 e. The minimum absolute atomic E-state index is 0.314. The van der Waals surface area contributed by atoms with Crippen molar-refractivity contribution in [1.29, 1.82) is 0 Å². The Morgan fingerprint density at radius 1 is 1.27 bits per heavy atom. The van der Waals surface area contributed by atoms with Gasteiger partial charge in [-0.3, -0.25) is 4.79 Å². The lowest BCUT2D eigenvalue weighted by Crippen LogP contribution is -1.93. The Labute approximate surface area is 67.9 Å². The SMILES string of the molecule is C=CCCCCCCC(=O)O. The molecule has 64 valence electrons. The molecule has 2 heteroatoms. The van der Waals surface area contributed by atoms with Gasteiger partial charge in [-0.15, -0.1) is 6.58 Å². The van der Waals surface area contributed by atoms with Crippen LogP contribution >= 0.6 is 0 Å². The summed E-state index contributed by atoms with van der Waals surface area (Å²) in [4.78, 5) is 10.1. The second kappa shape index (κ2) is 7.32. The summed E-state index contributed by atoms with van der Waals surface area (Å²) in [5.41, 5.74) is 0. The zero-order valence-corrected chi connectivity index (χ0v) is 6.88. The van der Waals surface area contributed by atoms with Crippen molar-refractivity contribution in [3.05, 3.63) is 12.7 Å². The normalized spacial score (nSPS) is 9.45. The fraction of sp³-hybridized carbons (Fsp3) is 0.667. The van der Waals surface area contributed by atoms with Gasteiger partial charge in [0.1, 0.15) is 0 Å². The fourth-order valence-corrected chi connectivity index (χ4v) is 0.918. The Hall–Kier alpha value is -0.790. The quantitative estimate of drug-likeness (QED) is 0.454. The number of carbonyl (C=O) groups is 1. The molecule has 0 bridgehead atoms. The summed E-state index contributed by atoms with van der Waals surface area (Å²) < 4.78 is 0. The molecule has 0 heterocycles. The third-order valence-electron chi connectivity index (χ3n) is 1.55. The molecule has 0 aromatic carbocycles. The van der Waals surface area contributed by atoms with Gasteiger partial charge in [-0.25, -0.2) is 0 Å². The Morgan fingerprint density at radius 2 is 1.91 bits per heavy atom. The molecule has 0 radical (unpaired) electrons. The first-order valence-electron chi connectivity index (χ1n) is 4.10. The minimum Gasteiger partial charge on any atom is -0.481 e. The van der Waals surface area contributed by atoms with Gasteiger partial charge in [0.25, 0.3) is 0 Å². The van der Waals surface area contributed by atoms with E-state index in [1.807, 2.05) is 6.08 Å². The highest BCUT2D eigenvalue weighted by Gasteiger charge is 1.94. The molecular weight excluding hydrogens is 140 g/mol. The van der Waals surface area contributed by atoms with Crippen molar-refractivity contribution >= 4 is 5.97 Å². The number of aliphatic carboxylic acids is 1. The Kier molecular flexibility index (Phi) is 6.79. The smallest absolute Gasteiger partial charge is 0.303 e. The van der Waals surface area contributed by atoms with Gasteiger partial charge >= 0.3 is 5.97 Å². The van der Waals surface area contributed by atoms with Crippen LogP contribution in [0.25, 0.3) is 0 Å². The summed E-state index contributed by atoms with van der Waals surface area (Å²) in [7, 11) is 0. The summed E-state index contributed by atoms with van der Waals surface area (Å²) in [5, 5.41) is 8.30. The lowest BCUT2D eigenvalue weighted by atomic mass is 10.1. The number of rotatable bonds is 7. The van der Waals surface area contributed by atoms with Crippen molar-refractivity contribution < 1.29 is 9.90 Å². The van der Waals surface area contributed by atoms with Gasteiger partial charge in [0.15, 0.2) is 0 Å². The van der Waals surface area contributed by atoms with Crippen LogP contribution in [0, 0.1) is 0 Å². The van der Waals surface area contributed by atoms with Crippen LogP contribution in [0.15, 0.2) is 12.7 Å². The minimum atomic E-state index is -0.686. The average molecular weight is 156 g/mol. The lowest BCUT2D eigenvalue weighted by molar-refractivity contribution is -0.137. The van der Waals surface area contributed by atoms with Crippen molar-refractivity contribution in [3.63, 3.8) is 0 Å². The summed E-state index contributed by atoms with van der Waals surface area (Å²) in [6.07, 6.45) is 7.37. The summed E-state index contributed by atoms with van der Waals surface area (Å²) >= 11 is 0. The van der Waals surface area contributed by atoms with Crippen LogP contribution in [-0.4, -0.2) is 11.1 Å². The number of allylic oxidation sites excluding steroid dienone is 1. The van der Waals surface area contributed by atoms with E-state index in [9.17, 15) is 4.79 Å². The van der Waals surface area contributed by atoms with Crippen LogP contribution in [0.2, 0.25) is 0 Å². The third-order valence-corrected chi connectivity index (χ3v) is 1.55. The molecule has 2 nitrogen and oxygen atoms in total. The summed E-state index contributed by atoms with van der Waals surface area (Å²) in [6, 6.07) is 0. The molecule has 11 heavy (non-hydrogen) atoms. The average Bonchev–Trinajstić information content (AvgIpc) is 1.96. The topological polar surface area (TPSA) is 37.3 Å². The van der Waals surface area contributed by atoms with Gasteiger partial charge in [-0.05, 0) is 19.3 Å². The molecule has 0 atom stereocenters. The molecule has 1 N–H and O–H groups in total. The van der Waals surface area contributed by atoms with Crippen LogP contribution in [0.4, 0.5) is 0 Å². The molecule has 0 aromatic rings. The van der Waals surface area contributed by atoms with E-state index < -0.39 is 5.97 Å². The standard InChI is InChI=1S/C9H16O2/c1-2-3-4-5-6-7-8-9(10)11/h2H,1,3-8H2,(H,10,11). The van der Waals surface area contributed by atoms with Crippen LogP contribution < -0.4 is 0 Å². The van der Waals surface area contributed by atoms with E-state index in [2.05, 4.69) is 6.58 Å². The molecule has 0 aliphatic rings. The summed E-state index contributed by atoms with van der Waals surface area (Å²) in [5.74, 6) is -0.686. The van der Waals surface area contributed by atoms with Gasteiger partial charge in [0.05, 0.1) is 0 Å². The fourth-order valence-electron chi connectivity index (χ4n) is 0.918. The largest absolute Gasteiger partial charge is 0.481 e. The van der Waals surface area contributed by atoms with Crippen LogP contribution in [0.3, 0.4) is 0 Å². The van der Waals surface area contributed by atoms with E-state index >= 15 is 0 Å². The van der Waals surface area contributed by atoms with E-state index in [0.717, 1.165) is 32.1 Å². The molecule has 0 saturated heterocycles. The second-order valence-corrected chi connectivity index (χ2v) is 2.64. The third kappa shape index (κ3) is 9.21. The van der Waals surface area contributed by atoms with Gasteiger partial charge in [0.2, 0.25) is 0 Å². The number of hydrogen-bond acceptors (Lipinski definition) is 1. The van der Waals surface area contributed by atoms with Crippen molar-refractivity contribution in [2.24, 2.45) is 0 Å². The molecule has 0 fully saturated rings. The number of carboxylic acid groups (broad SMARTS) is 1. The van der Waals surface area contributed by atoms with Crippen LogP contribution in [0.1, 0.15) is 38.5 Å². The lowest BCUT2D eigenvalue weighted by Gasteiger charge is -1.95. The van der Waals surface area contributed by atoms with E-state index in [1.165, 1.54) is 0 Å². The first kappa shape index (κ1) is 10.2. The van der Waals surface area contributed by atoms with Gasteiger partial charge in [0, 0.05) is 6.42 Å². The number of carboxylic acids is 1. The number of unbranched alkanes of at least 4 members (excludes halogenated alkanes) is 4. The summed E-state index contributed by atoms with van der Waals surface area (Å²) in [6.45, 7) is 3.61. The molecule has 0 amide bonds. The highest BCUT2D eigenvalue weighted by molar-refractivity contribution is 5.66. The molecule has 0 aliphatic carbocycles. The molecule has 0 spiro atoms. The Morgan fingerprint density at radius 3 is 2.45 bits per heavy atom. The van der Waals surface area contributed by atoms with Gasteiger partial charge in [-0.1, -0.05) is 18.9 Å². The first-order chi connectivity index (χ1) is 5.27. The highest BCUT2D eigenvalue weighted by Crippen LogP contribution is 2.04. The first-order valence-corrected chi connectivity index (χ1v) is 4.10. The van der Waals surface area contributed by atoms with Crippen LogP contribution in [0.5, 0.6) is 0 Å². The molecule has 0 unspecified atom stereocenters. The van der Waals surface area contributed by atoms with E-state index in [1.54, 1.807) is 0 Å². The molecule has 0 aliphatic heterocycles. The monoisotopic (exact) mass is 156 g/mol. The number of hydrogen-bond donors (Lipinski definition) is 1. The second-order valence-electron chi connectivity index (χ2n) is 2.64. The Balaban J connectivity index is 2.90. The maximum atomic E-state index is 10.1. The zero-order chi connectivity index (χ0) is 8.53. The molecule has 0 saturated carbocycles. The molecule has 0 rings (SSSR count). The highest BCUT2D eigenvalue weighted by atomic mass is 16.4. The van der Waals surface area contributed by atoms with Crippen molar-refractivity contribution in [2.45, 2.75) is 38.5 Å². The van der Waals surface area contributed by atoms with Crippen molar-refractivity contribution in [2.75, 3.05) is 0 Å². The van der Waals surface area contributed by atoms with E-state index in [4.69, 9.17) is 5.11 Å².